The second kappa shape index (κ2) is 7.87. The number of carbonyl (C=O) groups excluding carboxylic acids is 1. The highest BCUT2D eigenvalue weighted by Gasteiger charge is 2.36. The molecule has 0 bridgehead atoms. The quantitative estimate of drug-likeness (QED) is 0.431. The van der Waals surface area contributed by atoms with Crippen molar-refractivity contribution < 1.29 is 35.5 Å². The summed E-state index contributed by atoms with van der Waals surface area (Å²) in [5.74, 6) is -1.82. The predicted octanol–water partition coefficient (Wildman–Crippen LogP) is 4.96. The Labute approximate surface area is 171 Å². The minimum absolute atomic E-state index is 0.0349. The van der Waals surface area contributed by atoms with Crippen molar-refractivity contribution in [2.75, 3.05) is 6.54 Å². The normalized spacial score (nSPS) is 12.8. The van der Waals surface area contributed by atoms with Crippen LogP contribution in [0.4, 0.5) is 30.7 Å². The fraction of sp³-hybridized carbons (Fsp3) is 0.188. The van der Waals surface area contributed by atoms with Gasteiger partial charge in [0.2, 0.25) is 15.9 Å². The number of rotatable bonds is 4. The van der Waals surface area contributed by atoms with Gasteiger partial charge in [0, 0.05) is 11.6 Å². The van der Waals surface area contributed by atoms with Gasteiger partial charge in [0.05, 0.1) is 10.7 Å². The van der Waals surface area contributed by atoms with Crippen LogP contribution in [0.15, 0.2) is 24.3 Å². The second-order valence-electron chi connectivity index (χ2n) is 5.74. The van der Waals surface area contributed by atoms with Crippen molar-refractivity contribution in [3.05, 3.63) is 45.8 Å². The first-order chi connectivity index (χ1) is 13.8. The largest absolute Gasteiger partial charge is 0.445 e. The molecule has 3 rings (SSSR count). The Kier molecular flexibility index (Phi) is 5.78. The lowest BCUT2D eigenvalue weighted by Gasteiger charge is -2.06. The molecule has 5 nitrogen and oxygen atoms in total. The Balaban J connectivity index is 2.07. The number of alkyl halides is 6. The molecule has 0 aliphatic rings. The molecule has 0 radical (unpaired) electrons. The summed E-state index contributed by atoms with van der Waals surface area (Å²) in [4.78, 5) is 15.4. The van der Waals surface area contributed by atoms with Gasteiger partial charge in [-0.05, 0) is 24.3 Å². The lowest BCUT2D eigenvalue weighted by atomic mass is 10.1. The highest BCUT2D eigenvalue weighted by molar-refractivity contribution is 7.16. The van der Waals surface area contributed by atoms with Crippen molar-refractivity contribution in [2.45, 2.75) is 12.4 Å². The van der Waals surface area contributed by atoms with Crippen LogP contribution >= 0.6 is 22.9 Å². The van der Waals surface area contributed by atoms with E-state index in [1.54, 1.807) is 5.32 Å². The van der Waals surface area contributed by atoms with E-state index in [2.05, 4.69) is 10.1 Å². The molecule has 160 valence electrons. The van der Waals surface area contributed by atoms with Gasteiger partial charge < -0.3 is 5.32 Å². The molecule has 0 saturated carbocycles. The van der Waals surface area contributed by atoms with Gasteiger partial charge in [0.15, 0.2) is 0 Å². The van der Waals surface area contributed by atoms with Crippen LogP contribution in [0.25, 0.3) is 22.3 Å². The molecule has 0 unspecified atom stereocenters. The molecule has 1 N–H and O–H groups in total. The average molecular weight is 473 g/mol. The summed E-state index contributed by atoms with van der Waals surface area (Å²) in [5.41, 5.74) is -0.0700. The Morgan fingerprint density at radius 3 is 2.53 bits per heavy atom. The van der Waals surface area contributed by atoms with Gasteiger partial charge in [0.1, 0.15) is 18.1 Å². The van der Waals surface area contributed by atoms with Crippen molar-refractivity contribution in [3.8, 4) is 11.3 Å². The molecule has 1 aromatic carbocycles. The topological polar surface area (TPSA) is 59.3 Å². The zero-order valence-electron chi connectivity index (χ0n) is 14.3. The van der Waals surface area contributed by atoms with Gasteiger partial charge in [-0.1, -0.05) is 22.9 Å². The number of imidazole rings is 1. The van der Waals surface area contributed by atoms with E-state index >= 15 is 0 Å². The highest BCUT2D eigenvalue weighted by Crippen LogP contribution is 2.37. The first kappa shape index (κ1) is 22.0. The summed E-state index contributed by atoms with van der Waals surface area (Å²) >= 11 is 6.19. The van der Waals surface area contributed by atoms with E-state index in [1.807, 2.05) is 0 Å². The van der Waals surface area contributed by atoms with E-state index in [9.17, 15) is 35.5 Å². The number of halogens is 8. The van der Waals surface area contributed by atoms with Gasteiger partial charge in [-0.3, -0.25) is 4.79 Å². The van der Waals surface area contributed by atoms with Crippen LogP contribution in [-0.4, -0.2) is 33.2 Å². The van der Waals surface area contributed by atoms with E-state index in [0.717, 1.165) is 22.7 Å². The molecule has 2 aromatic heterocycles. The molecule has 3 aromatic rings. The fourth-order valence-electron chi connectivity index (χ4n) is 2.31. The third-order valence-corrected chi connectivity index (χ3v) is 4.79. The minimum Gasteiger partial charge on any atom is -0.343 e. The van der Waals surface area contributed by atoms with Crippen molar-refractivity contribution in [3.63, 3.8) is 0 Å². The van der Waals surface area contributed by atoms with E-state index in [0.29, 0.717) is 6.08 Å². The molecule has 2 heterocycles. The smallest absolute Gasteiger partial charge is 0.343 e. The van der Waals surface area contributed by atoms with E-state index in [-0.39, 0.29) is 38.3 Å². The molecule has 14 heteroatoms. The van der Waals surface area contributed by atoms with E-state index in [4.69, 9.17) is 11.6 Å². The van der Waals surface area contributed by atoms with Crippen molar-refractivity contribution in [1.82, 2.24) is 19.9 Å². The molecule has 0 atom stereocenters. The van der Waals surface area contributed by atoms with Crippen LogP contribution in [0.5, 0.6) is 0 Å². The van der Waals surface area contributed by atoms with Crippen molar-refractivity contribution in [2.24, 2.45) is 0 Å². The van der Waals surface area contributed by atoms with Crippen LogP contribution in [0.2, 0.25) is 5.02 Å². The SMILES string of the molecule is O=C(/C=C/c1c(-c2ccc(F)cc2Cl)nc2sc(C(F)(F)F)nn12)NCC(F)(F)F. The summed E-state index contributed by atoms with van der Waals surface area (Å²) in [6, 6.07) is 3.20. The van der Waals surface area contributed by atoms with Crippen LogP contribution in [-0.2, 0) is 11.0 Å². The predicted molar refractivity (Wildman–Crippen MR) is 94.4 cm³/mol. The number of aromatic nitrogens is 3. The maximum atomic E-state index is 13.3. The third kappa shape index (κ3) is 4.90. The summed E-state index contributed by atoms with van der Waals surface area (Å²) in [6.45, 7) is -1.59. The van der Waals surface area contributed by atoms with Crippen LogP contribution in [0.1, 0.15) is 10.7 Å². The maximum Gasteiger partial charge on any atom is 0.445 e. The number of carbonyl (C=O) groups is 1. The van der Waals surface area contributed by atoms with Crippen molar-refractivity contribution >= 4 is 39.9 Å². The summed E-state index contributed by atoms with van der Waals surface area (Å²) in [7, 11) is 0. The molecule has 1 amide bonds. The zero-order valence-corrected chi connectivity index (χ0v) is 15.8. The average Bonchev–Trinajstić information content (AvgIpc) is 3.16. The minimum atomic E-state index is -4.76. The Morgan fingerprint density at radius 2 is 1.93 bits per heavy atom. The standard InChI is InChI=1S/C16H8ClF7N4OS/c17-9-5-7(18)1-2-8(9)12-10(3-4-11(29)25-6-15(19,20)21)28-14(26-12)30-13(27-28)16(22,23)24/h1-5H,6H2,(H,25,29)/b4-3+. The van der Waals surface area contributed by atoms with Gasteiger partial charge in [0.25, 0.3) is 0 Å². The Morgan fingerprint density at radius 1 is 1.23 bits per heavy atom. The number of nitrogens with one attached hydrogen (secondary N) is 1. The maximum absolute atomic E-state index is 13.3. The number of amides is 1. The molecule has 0 aliphatic carbocycles. The van der Waals surface area contributed by atoms with Crippen molar-refractivity contribution in [1.29, 1.82) is 0 Å². The monoisotopic (exact) mass is 472 g/mol. The molecule has 0 spiro atoms. The molecule has 30 heavy (non-hydrogen) atoms. The number of hydrogen-bond donors (Lipinski definition) is 1. The first-order valence-electron chi connectivity index (χ1n) is 7.80. The lowest BCUT2D eigenvalue weighted by Crippen LogP contribution is -2.32. The zero-order chi connectivity index (χ0) is 22.3. The number of hydrogen-bond acceptors (Lipinski definition) is 4. The molecule has 0 saturated heterocycles. The molecule has 0 aliphatic heterocycles. The van der Waals surface area contributed by atoms with Gasteiger partial charge in [-0.2, -0.15) is 26.3 Å². The number of benzene rings is 1. The summed E-state index contributed by atoms with van der Waals surface area (Å²) in [5, 5.41) is 3.65. The molecule has 0 fully saturated rings. The molecular formula is C16H8ClF7N4OS. The summed E-state index contributed by atoms with van der Waals surface area (Å²) in [6.07, 6.45) is -7.77. The number of fused-ring (bicyclic) bond motifs is 1. The third-order valence-electron chi connectivity index (χ3n) is 3.52. The molecular weight excluding hydrogens is 465 g/mol. The van der Waals surface area contributed by atoms with E-state index in [1.165, 1.54) is 6.07 Å². The van der Waals surface area contributed by atoms with Gasteiger partial charge in [-0.25, -0.2) is 13.9 Å². The fourth-order valence-corrected chi connectivity index (χ4v) is 3.34. The summed E-state index contributed by atoms with van der Waals surface area (Å²) < 4.78 is 89.5. The van der Waals surface area contributed by atoms with Crippen LogP contribution in [0.3, 0.4) is 0 Å². The number of nitrogens with zero attached hydrogens (tertiary/aromatic N) is 3. The Bertz CT molecular complexity index is 1130. The van der Waals surface area contributed by atoms with Crippen LogP contribution in [0, 0.1) is 5.82 Å². The van der Waals surface area contributed by atoms with Gasteiger partial charge >= 0.3 is 12.4 Å². The van der Waals surface area contributed by atoms with Crippen LogP contribution < -0.4 is 5.32 Å². The van der Waals surface area contributed by atoms with Gasteiger partial charge in [-0.15, -0.1) is 5.10 Å². The second-order valence-corrected chi connectivity index (χ2v) is 7.10. The van der Waals surface area contributed by atoms with E-state index < -0.39 is 35.6 Å². The first-order valence-corrected chi connectivity index (χ1v) is 8.99. The Hall–Kier alpha value is -2.67. The lowest BCUT2D eigenvalue weighted by molar-refractivity contribution is -0.138. The highest BCUT2D eigenvalue weighted by atomic mass is 35.5.